The van der Waals surface area contributed by atoms with Gasteiger partial charge in [0.1, 0.15) is 6.29 Å². The maximum atomic E-state index is 10.4. The first-order chi connectivity index (χ1) is 5.99. The van der Waals surface area contributed by atoms with Gasteiger partial charge in [-0.3, -0.25) is 9.63 Å². The van der Waals surface area contributed by atoms with Gasteiger partial charge >= 0.3 is 0 Å². The number of rotatable bonds is 7. The average Bonchev–Trinajstić information content (AvgIpc) is 2.03. The van der Waals surface area contributed by atoms with Crippen LogP contribution >= 0.6 is 0 Å². The van der Waals surface area contributed by atoms with Crippen LogP contribution < -0.4 is 0 Å². The van der Waals surface area contributed by atoms with E-state index in [2.05, 4.69) is 19.6 Å². The van der Waals surface area contributed by atoms with Crippen LogP contribution in [-0.2, 0) is 14.4 Å². The Bertz CT molecular complexity index is 167. The van der Waals surface area contributed by atoms with Gasteiger partial charge in [0, 0.05) is 6.42 Å². The first-order valence-corrected chi connectivity index (χ1v) is 7.99. The van der Waals surface area contributed by atoms with Crippen molar-refractivity contribution in [2.45, 2.75) is 26.1 Å². The fourth-order valence-corrected chi connectivity index (χ4v) is 1.16. The Morgan fingerprint density at radius 3 is 2.31 bits per heavy atom. The predicted molar refractivity (Wildman–Crippen MR) is 52.7 cm³/mol. The summed E-state index contributed by atoms with van der Waals surface area (Å²) in [5, 5.41) is 1.19. The molecular weight excluding hydrogens is 186 g/mol. The van der Waals surface area contributed by atoms with Gasteiger partial charge in [-0.05, 0) is 0 Å². The van der Waals surface area contributed by atoms with Crippen LogP contribution in [0.3, 0.4) is 0 Å². The second-order valence-corrected chi connectivity index (χ2v) is 9.45. The van der Waals surface area contributed by atoms with E-state index in [0.717, 1.165) is 6.29 Å². The molecule has 0 aromatic heterocycles. The lowest BCUT2D eigenvalue weighted by atomic mass is 10.5. The number of aldehydes is 1. The zero-order chi connectivity index (χ0) is 10.3. The molecule has 0 aromatic carbocycles. The Balaban J connectivity index is 3.71. The molecule has 13 heavy (non-hydrogen) atoms. The molecule has 0 aromatic rings. The van der Waals surface area contributed by atoms with E-state index in [9.17, 15) is 9.59 Å². The van der Waals surface area contributed by atoms with E-state index in [1.54, 1.807) is 0 Å². The van der Waals surface area contributed by atoms with E-state index < -0.39 is 8.07 Å². The number of hydroxylamine groups is 2. The Hall–Kier alpha value is -0.683. The quantitative estimate of drug-likeness (QED) is 0.350. The summed E-state index contributed by atoms with van der Waals surface area (Å²) in [4.78, 5) is 25.7. The number of carbonyl (C=O) groups is 2. The number of nitrogens with zero attached hydrogens (tertiary/aromatic N) is 1. The summed E-state index contributed by atoms with van der Waals surface area (Å²) in [5.41, 5.74) is 0. The lowest BCUT2D eigenvalue weighted by molar-refractivity contribution is -0.165. The van der Waals surface area contributed by atoms with Crippen molar-refractivity contribution in [3.8, 4) is 0 Å². The normalized spacial score (nSPS) is 11.0. The fraction of sp³-hybridized carbons (Fsp3) is 0.750. The zero-order valence-electron chi connectivity index (χ0n) is 8.45. The number of carbonyl (C=O) groups excluding carboxylic acids is 2. The molecule has 0 radical (unpaired) electrons. The van der Waals surface area contributed by atoms with E-state index in [1.165, 1.54) is 5.06 Å². The van der Waals surface area contributed by atoms with Crippen molar-refractivity contribution in [2.75, 3.05) is 12.8 Å². The van der Waals surface area contributed by atoms with Crippen LogP contribution in [0.15, 0.2) is 0 Å². The van der Waals surface area contributed by atoms with Crippen molar-refractivity contribution in [3.05, 3.63) is 0 Å². The van der Waals surface area contributed by atoms with Crippen molar-refractivity contribution in [1.29, 1.82) is 0 Å². The Morgan fingerprint density at radius 2 is 1.92 bits per heavy atom. The van der Waals surface area contributed by atoms with Crippen LogP contribution in [0.4, 0.5) is 0 Å². The van der Waals surface area contributed by atoms with Gasteiger partial charge in [0.05, 0.1) is 20.8 Å². The first kappa shape index (κ1) is 12.3. The third-order valence-electron chi connectivity index (χ3n) is 1.25. The van der Waals surface area contributed by atoms with Gasteiger partial charge < -0.3 is 4.79 Å². The van der Waals surface area contributed by atoms with Crippen LogP contribution in [0.1, 0.15) is 6.42 Å². The van der Waals surface area contributed by atoms with Gasteiger partial charge in [-0.25, -0.2) is 5.06 Å². The minimum atomic E-state index is -1.29. The van der Waals surface area contributed by atoms with Crippen LogP contribution in [-0.4, -0.2) is 38.6 Å². The molecule has 0 spiro atoms. The highest BCUT2D eigenvalue weighted by atomic mass is 28.3. The lowest BCUT2D eigenvalue weighted by Gasteiger charge is -2.21. The summed E-state index contributed by atoms with van der Waals surface area (Å²) in [6.45, 7) is 6.79. The molecule has 4 nitrogen and oxygen atoms in total. The third kappa shape index (κ3) is 7.67. The highest BCUT2D eigenvalue weighted by Crippen LogP contribution is 2.02. The van der Waals surface area contributed by atoms with Gasteiger partial charge in [0.25, 0.3) is 0 Å². The third-order valence-corrected chi connectivity index (χ3v) is 2.24. The van der Waals surface area contributed by atoms with E-state index in [-0.39, 0.29) is 0 Å². The number of amides is 1. The van der Waals surface area contributed by atoms with Gasteiger partial charge in [0.2, 0.25) is 6.41 Å². The van der Waals surface area contributed by atoms with Crippen molar-refractivity contribution in [3.63, 3.8) is 0 Å². The fourth-order valence-electron chi connectivity index (χ4n) is 0.604. The molecule has 0 aliphatic carbocycles. The van der Waals surface area contributed by atoms with Gasteiger partial charge in [-0.15, -0.1) is 0 Å². The molecule has 0 N–H and O–H groups in total. The van der Waals surface area contributed by atoms with Crippen LogP contribution in [0, 0.1) is 0 Å². The minimum Gasteiger partial charge on any atom is -0.303 e. The second kappa shape index (κ2) is 5.88. The molecule has 5 heteroatoms. The van der Waals surface area contributed by atoms with E-state index in [1.807, 2.05) is 0 Å². The van der Waals surface area contributed by atoms with Crippen LogP contribution in [0.5, 0.6) is 0 Å². The molecule has 0 unspecified atom stereocenters. The molecule has 1 amide bonds. The van der Waals surface area contributed by atoms with E-state index >= 15 is 0 Å². The van der Waals surface area contributed by atoms with E-state index in [0.29, 0.717) is 25.6 Å². The molecule has 0 bridgehead atoms. The molecule has 0 aliphatic heterocycles. The molecule has 0 rings (SSSR count). The minimum absolute atomic E-state index is 0.324. The smallest absolute Gasteiger partial charge is 0.233 e. The Labute approximate surface area is 79.8 Å². The van der Waals surface area contributed by atoms with Gasteiger partial charge in [-0.1, -0.05) is 19.6 Å². The summed E-state index contributed by atoms with van der Waals surface area (Å²) >= 11 is 0. The largest absolute Gasteiger partial charge is 0.303 e. The highest BCUT2D eigenvalue weighted by Gasteiger charge is 2.15. The van der Waals surface area contributed by atoms with Crippen LogP contribution in [0.25, 0.3) is 0 Å². The maximum absolute atomic E-state index is 10.4. The predicted octanol–water partition coefficient (Wildman–Crippen LogP) is 0.843. The van der Waals surface area contributed by atoms with Crippen molar-refractivity contribution >= 4 is 20.8 Å². The molecule has 0 saturated carbocycles. The number of hydrogen-bond acceptors (Lipinski definition) is 3. The molecular formula is C8H17NO3Si. The molecule has 0 saturated heterocycles. The molecule has 0 fully saturated rings. The first-order valence-electron chi connectivity index (χ1n) is 4.28. The van der Waals surface area contributed by atoms with Crippen molar-refractivity contribution < 1.29 is 14.4 Å². The number of hydrogen-bond donors (Lipinski definition) is 0. The highest BCUT2D eigenvalue weighted by molar-refractivity contribution is 6.76. The summed E-state index contributed by atoms with van der Waals surface area (Å²) in [7, 11) is -1.29. The molecule has 0 heterocycles. The standard InChI is InChI=1S/C8H17NO3Si/c1-13(2,3)8-12-9(7-11)5-4-6-10/h6-7H,4-5,8H2,1-3H3. The summed E-state index contributed by atoms with van der Waals surface area (Å²) in [6, 6.07) is 0. The summed E-state index contributed by atoms with van der Waals surface area (Å²) < 4.78 is 0. The molecule has 76 valence electrons. The summed E-state index contributed by atoms with van der Waals surface area (Å²) in [5.74, 6) is 0. The van der Waals surface area contributed by atoms with E-state index in [4.69, 9.17) is 4.84 Å². The van der Waals surface area contributed by atoms with Crippen molar-refractivity contribution in [1.82, 2.24) is 5.06 Å². The Morgan fingerprint density at radius 1 is 1.31 bits per heavy atom. The van der Waals surface area contributed by atoms with Gasteiger partial charge in [-0.2, -0.15) is 0 Å². The SMILES string of the molecule is C[Si](C)(C)CON(C=O)CCC=O. The lowest BCUT2D eigenvalue weighted by Crippen LogP contribution is -2.35. The van der Waals surface area contributed by atoms with Crippen LogP contribution in [0.2, 0.25) is 19.6 Å². The van der Waals surface area contributed by atoms with Gasteiger partial charge in [0.15, 0.2) is 0 Å². The molecule has 0 atom stereocenters. The summed E-state index contributed by atoms with van der Waals surface area (Å²) in [6.07, 6.45) is 2.31. The monoisotopic (exact) mass is 203 g/mol. The molecule has 0 aliphatic rings. The second-order valence-electron chi connectivity index (χ2n) is 4.04. The maximum Gasteiger partial charge on any atom is 0.233 e. The Kier molecular flexibility index (Phi) is 5.57. The topological polar surface area (TPSA) is 46.6 Å². The zero-order valence-corrected chi connectivity index (χ0v) is 9.45. The van der Waals surface area contributed by atoms with Crippen molar-refractivity contribution in [2.24, 2.45) is 0 Å². The average molecular weight is 203 g/mol.